The molecule has 0 bridgehead atoms. The van der Waals surface area contributed by atoms with Crippen LogP contribution < -0.4 is 0 Å². The van der Waals surface area contributed by atoms with Crippen LogP contribution in [-0.2, 0) is 15.0 Å². The standard InChI is InChI=1S/C24H28N2O2/c27-22-14-7-8-16-25(22)18-23(28)26-17-9-15-24(19-26,20-10-3-1-4-11-20)21-12-5-2-6-13-21/h1-6,10-13H,7-9,14-19H2. The predicted octanol–water partition coefficient (Wildman–Crippen LogP) is 3.61. The van der Waals surface area contributed by atoms with Crippen LogP contribution in [0.1, 0.15) is 43.2 Å². The molecule has 2 saturated heterocycles. The lowest BCUT2D eigenvalue weighted by atomic mass is 9.69. The molecule has 2 aromatic rings. The molecule has 2 aliphatic heterocycles. The molecule has 2 aliphatic rings. The van der Waals surface area contributed by atoms with Gasteiger partial charge in [0.15, 0.2) is 0 Å². The van der Waals surface area contributed by atoms with Gasteiger partial charge in [0.25, 0.3) is 0 Å². The molecule has 4 nitrogen and oxygen atoms in total. The normalized spacial score (nSPS) is 19.5. The van der Waals surface area contributed by atoms with E-state index < -0.39 is 0 Å². The Hall–Kier alpha value is -2.62. The maximum Gasteiger partial charge on any atom is 0.242 e. The lowest BCUT2D eigenvalue weighted by Crippen LogP contribution is -2.52. The first-order chi connectivity index (χ1) is 13.7. The smallest absolute Gasteiger partial charge is 0.242 e. The summed E-state index contributed by atoms with van der Waals surface area (Å²) >= 11 is 0. The summed E-state index contributed by atoms with van der Waals surface area (Å²) in [4.78, 5) is 29.0. The minimum absolute atomic E-state index is 0.0752. The van der Waals surface area contributed by atoms with E-state index in [1.54, 1.807) is 4.90 Å². The summed E-state index contributed by atoms with van der Waals surface area (Å²) in [6, 6.07) is 21.1. The van der Waals surface area contributed by atoms with Crippen LogP contribution in [0.4, 0.5) is 0 Å². The number of carbonyl (C=O) groups is 2. The third kappa shape index (κ3) is 3.68. The van der Waals surface area contributed by atoms with Gasteiger partial charge in [0.05, 0.1) is 6.54 Å². The molecule has 0 atom stereocenters. The molecule has 0 radical (unpaired) electrons. The summed E-state index contributed by atoms with van der Waals surface area (Å²) in [5.41, 5.74) is 2.32. The van der Waals surface area contributed by atoms with Gasteiger partial charge in [0.1, 0.15) is 0 Å². The van der Waals surface area contributed by atoms with E-state index in [9.17, 15) is 9.59 Å². The van der Waals surface area contributed by atoms with E-state index in [1.807, 2.05) is 17.0 Å². The van der Waals surface area contributed by atoms with E-state index in [2.05, 4.69) is 48.5 Å². The quantitative estimate of drug-likeness (QED) is 0.818. The van der Waals surface area contributed by atoms with Gasteiger partial charge in [0, 0.05) is 31.5 Å². The van der Waals surface area contributed by atoms with Crippen LogP contribution in [0.15, 0.2) is 60.7 Å². The van der Waals surface area contributed by atoms with Crippen molar-refractivity contribution in [1.82, 2.24) is 9.80 Å². The summed E-state index contributed by atoms with van der Waals surface area (Å²) in [6.45, 7) is 2.36. The summed E-state index contributed by atoms with van der Waals surface area (Å²) < 4.78 is 0. The molecule has 2 aromatic carbocycles. The van der Waals surface area contributed by atoms with Gasteiger partial charge in [-0.05, 0) is 36.8 Å². The fraction of sp³-hybridized carbons (Fsp3) is 0.417. The van der Waals surface area contributed by atoms with Gasteiger partial charge in [-0.25, -0.2) is 0 Å². The Bertz CT molecular complexity index is 780. The molecule has 0 N–H and O–H groups in total. The molecule has 146 valence electrons. The molecule has 0 unspecified atom stereocenters. The molecule has 2 heterocycles. The van der Waals surface area contributed by atoms with E-state index in [4.69, 9.17) is 0 Å². The third-order valence-electron chi connectivity index (χ3n) is 6.25. The molecule has 28 heavy (non-hydrogen) atoms. The fourth-order valence-corrected chi connectivity index (χ4v) is 4.71. The van der Waals surface area contributed by atoms with Gasteiger partial charge >= 0.3 is 0 Å². The Labute approximate surface area is 167 Å². The second-order valence-corrected chi connectivity index (χ2v) is 8.01. The molecule has 0 saturated carbocycles. The van der Waals surface area contributed by atoms with Crippen molar-refractivity contribution in [3.8, 4) is 0 Å². The molecular weight excluding hydrogens is 348 g/mol. The Kier molecular flexibility index (Phi) is 5.47. The molecule has 0 aliphatic carbocycles. The van der Waals surface area contributed by atoms with Gasteiger partial charge in [-0.15, -0.1) is 0 Å². The number of piperidine rings is 2. The van der Waals surface area contributed by atoms with Crippen molar-refractivity contribution in [2.24, 2.45) is 0 Å². The summed E-state index contributed by atoms with van der Waals surface area (Å²) in [5, 5.41) is 0. The van der Waals surface area contributed by atoms with E-state index in [0.717, 1.165) is 32.2 Å². The van der Waals surface area contributed by atoms with Crippen molar-refractivity contribution in [2.45, 2.75) is 37.5 Å². The SMILES string of the molecule is O=C1CCCCN1CC(=O)N1CCCC(c2ccccc2)(c2ccccc2)C1. The van der Waals surface area contributed by atoms with E-state index >= 15 is 0 Å². The van der Waals surface area contributed by atoms with Crippen LogP contribution >= 0.6 is 0 Å². The molecule has 4 heteroatoms. The minimum atomic E-state index is -0.192. The highest BCUT2D eigenvalue weighted by Crippen LogP contribution is 2.40. The van der Waals surface area contributed by atoms with Crippen LogP contribution in [-0.4, -0.2) is 47.8 Å². The number of hydrogen-bond donors (Lipinski definition) is 0. The second-order valence-electron chi connectivity index (χ2n) is 8.01. The lowest BCUT2D eigenvalue weighted by Gasteiger charge is -2.44. The number of rotatable bonds is 4. The topological polar surface area (TPSA) is 40.6 Å². The first-order valence-electron chi connectivity index (χ1n) is 10.4. The fourth-order valence-electron chi connectivity index (χ4n) is 4.71. The van der Waals surface area contributed by atoms with Crippen molar-refractivity contribution in [1.29, 1.82) is 0 Å². The molecule has 4 rings (SSSR count). The molecule has 0 aromatic heterocycles. The monoisotopic (exact) mass is 376 g/mol. The van der Waals surface area contributed by atoms with Gasteiger partial charge in [0.2, 0.25) is 11.8 Å². The van der Waals surface area contributed by atoms with E-state index in [1.165, 1.54) is 11.1 Å². The zero-order valence-electron chi connectivity index (χ0n) is 16.3. The van der Waals surface area contributed by atoms with Crippen molar-refractivity contribution >= 4 is 11.8 Å². The molecule has 0 spiro atoms. The first kappa shape index (κ1) is 18.7. The summed E-state index contributed by atoms with van der Waals surface area (Å²) in [6.07, 6.45) is 4.50. The number of carbonyl (C=O) groups excluding carboxylic acids is 2. The summed E-state index contributed by atoms with van der Waals surface area (Å²) in [7, 11) is 0. The van der Waals surface area contributed by atoms with Crippen LogP contribution in [0.25, 0.3) is 0 Å². The maximum absolute atomic E-state index is 13.1. The van der Waals surface area contributed by atoms with Gasteiger partial charge in [-0.3, -0.25) is 9.59 Å². The van der Waals surface area contributed by atoms with Gasteiger partial charge < -0.3 is 9.80 Å². The largest absolute Gasteiger partial charge is 0.340 e. The number of likely N-dealkylation sites (tertiary alicyclic amines) is 2. The number of amides is 2. The maximum atomic E-state index is 13.1. The second kappa shape index (κ2) is 8.17. The molecule has 2 fully saturated rings. The van der Waals surface area contributed by atoms with E-state index in [-0.39, 0.29) is 23.8 Å². The zero-order chi connectivity index (χ0) is 19.4. The number of hydrogen-bond acceptors (Lipinski definition) is 2. The highest BCUT2D eigenvalue weighted by atomic mass is 16.2. The van der Waals surface area contributed by atoms with Gasteiger partial charge in [-0.2, -0.15) is 0 Å². The molecule has 2 amide bonds. The van der Waals surface area contributed by atoms with Crippen molar-refractivity contribution < 1.29 is 9.59 Å². The average molecular weight is 377 g/mol. The third-order valence-corrected chi connectivity index (χ3v) is 6.25. The van der Waals surface area contributed by atoms with Crippen LogP contribution in [0.2, 0.25) is 0 Å². The Morgan fingerprint density at radius 3 is 2.11 bits per heavy atom. The number of nitrogens with zero attached hydrogens (tertiary/aromatic N) is 2. The van der Waals surface area contributed by atoms with E-state index in [0.29, 0.717) is 19.5 Å². The van der Waals surface area contributed by atoms with Crippen molar-refractivity contribution in [2.75, 3.05) is 26.2 Å². The minimum Gasteiger partial charge on any atom is -0.340 e. The van der Waals surface area contributed by atoms with Crippen LogP contribution in [0, 0.1) is 0 Å². The Morgan fingerprint density at radius 1 is 0.857 bits per heavy atom. The Balaban J connectivity index is 1.60. The summed E-state index contributed by atoms with van der Waals surface area (Å²) in [5.74, 6) is 0.195. The first-order valence-corrected chi connectivity index (χ1v) is 10.4. The predicted molar refractivity (Wildman–Crippen MR) is 110 cm³/mol. The Morgan fingerprint density at radius 2 is 1.50 bits per heavy atom. The number of benzene rings is 2. The highest BCUT2D eigenvalue weighted by Gasteiger charge is 2.40. The van der Waals surface area contributed by atoms with Crippen molar-refractivity contribution in [3.05, 3.63) is 71.8 Å². The zero-order valence-corrected chi connectivity index (χ0v) is 16.3. The molecular formula is C24H28N2O2. The lowest BCUT2D eigenvalue weighted by molar-refractivity contribution is -0.142. The van der Waals surface area contributed by atoms with Gasteiger partial charge in [-0.1, -0.05) is 60.7 Å². The highest BCUT2D eigenvalue weighted by molar-refractivity contribution is 5.85. The van der Waals surface area contributed by atoms with Crippen LogP contribution in [0.3, 0.4) is 0 Å². The average Bonchev–Trinajstić information content (AvgIpc) is 2.76. The van der Waals surface area contributed by atoms with Crippen molar-refractivity contribution in [3.63, 3.8) is 0 Å². The van der Waals surface area contributed by atoms with Crippen LogP contribution in [0.5, 0.6) is 0 Å².